The van der Waals surface area contributed by atoms with Gasteiger partial charge in [0, 0.05) is 19.3 Å². The van der Waals surface area contributed by atoms with E-state index in [1.807, 2.05) is 18.3 Å². The number of rotatable bonds is 8. The van der Waals surface area contributed by atoms with Crippen molar-refractivity contribution in [1.29, 1.82) is 0 Å². The van der Waals surface area contributed by atoms with Gasteiger partial charge in [0.15, 0.2) is 11.6 Å². The van der Waals surface area contributed by atoms with Crippen LogP contribution in [0.25, 0.3) is 0 Å². The second-order valence-electron chi connectivity index (χ2n) is 4.55. The van der Waals surface area contributed by atoms with E-state index in [2.05, 4.69) is 30.7 Å². The predicted octanol–water partition coefficient (Wildman–Crippen LogP) is 2.29. The van der Waals surface area contributed by atoms with Crippen LogP contribution in [0.4, 0.5) is 5.82 Å². The van der Waals surface area contributed by atoms with Crippen LogP contribution in [0.15, 0.2) is 18.3 Å². The Morgan fingerprint density at radius 3 is 2.83 bits per heavy atom. The molecular weight excluding hydrogens is 226 g/mol. The number of aromatic nitrogens is 1. The number of nitrogens with two attached hydrogens (primary N) is 1. The maximum Gasteiger partial charge on any atom is 0.171 e. The van der Waals surface area contributed by atoms with Crippen molar-refractivity contribution in [3.63, 3.8) is 0 Å². The van der Waals surface area contributed by atoms with E-state index < -0.39 is 0 Å². The molecule has 1 aromatic heterocycles. The Labute approximate surface area is 110 Å². The molecule has 102 valence electrons. The van der Waals surface area contributed by atoms with Crippen molar-refractivity contribution in [3.05, 3.63) is 18.3 Å². The summed E-state index contributed by atoms with van der Waals surface area (Å²) in [7, 11) is 0. The number of anilines is 1. The van der Waals surface area contributed by atoms with Gasteiger partial charge >= 0.3 is 0 Å². The second-order valence-corrected chi connectivity index (χ2v) is 4.55. The maximum absolute atomic E-state index is 5.75. The van der Waals surface area contributed by atoms with E-state index in [1.165, 1.54) is 0 Å². The molecule has 0 aromatic carbocycles. The first-order chi connectivity index (χ1) is 8.72. The monoisotopic (exact) mass is 251 g/mol. The molecule has 1 aromatic rings. The molecule has 0 spiro atoms. The van der Waals surface area contributed by atoms with Gasteiger partial charge in [0.1, 0.15) is 0 Å². The van der Waals surface area contributed by atoms with Crippen LogP contribution in [0.1, 0.15) is 27.2 Å². The molecule has 0 aliphatic carbocycles. The standard InChI is InChI=1S/C14H25N3O/c1-4-9-18-13-7-6-8-16-14(13)17(5-2)11-12(3)10-15/h6-8,12H,4-5,9-11,15H2,1-3H3. The quantitative estimate of drug-likeness (QED) is 0.770. The van der Waals surface area contributed by atoms with Crippen LogP contribution in [-0.4, -0.2) is 31.2 Å². The number of ether oxygens (including phenoxy) is 1. The number of hydrogen-bond donors (Lipinski definition) is 1. The van der Waals surface area contributed by atoms with E-state index in [4.69, 9.17) is 10.5 Å². The Bertz CT molecular complexity index is 344. The average Bonchev–Trinajstić information content (AvgIpc) is 2.42. The lowest BCUT2D eigenvalue weighted by Gasteiger charge is -2.26. The maximum atomic E-state index is 5.75. The van der Waals surface area contributed by atoms with Gasteiger partial charge in [-0.05, 0) is 37.9 Å². The van der Waals surface area contributed by atoms with Gasteiger partial charge in [0.05, 0.1) is 6.61 Å². The highest BCUT2D eigenvalue weighted by atomic mass is 16.5. The summed E-state index contributed by atoms with van der Waals surface area (Å²) in [5, 5.41) is 0. The summed E-state index contributed by atoms with van der Waals surface area (Å²) in [6.07, 6.45) is 2.81. The molecule has 0 saturated carbocycles. The van der Waals surface area contributed by atoms with E-state index in [0.29, 0.717) is 12.5 Å². The largest absolute Gasteiger partial charge is 0.490 e. The normalized spacial score (nSPS) is 12.2. The molecule has 4 heteroatoms. The van der Waals surface area contributed by atoms with Gasteiger partial charge in [0.25, 0.3) is 0 Å². The predicted molar refractivity (Wildman–Crippen MR) is 76.1 cm³/mol. The summed E-state index contributed by atoms with van der Waals surface area (Å²) < 4.78 is 5.75. The third-order valence-electron chi connectivity index (χ3n) is 2.83. The minimum atomic E-state index is 0.450. The van der Waals surface area contributed by atoms with E-state index in [0.717, 1.165) is 37.7 Å². The Hall–Kier alpha value is -1.29. The van der Waals surface area contributed by atoms with Crippen molar-refractivity contribution in [3.8, 4) is 5.75 Å². The highest BCUT2D eigenvalue weighted by molar-refractivity contribution is 5.52. The number of nitrogens with zero attached hydrogens (tertiary/aromatic N) is 2. The van der Waals surface area contributed by atoms with Crippen LogP contribution in [0.3, 0.4) is 0 Å². The van der Waals surface area contributed by atoms with Crippen molar-refractivity contribution in [1.82, 2.24) is 4.98 Å². The average molecular weight is 251 g/mol. The molecule has 0 amide bonds. The lowest BCUT2D eigenvalue weighted by molar-refractivity contribution is 0.316. The summed E-state index contributed by atoms with van der Waals surface area (Å²) in [6, 6.07) is 3.89. The minimum Gasteiger partial charge on any atom is -0.490 e. The van der Waals surface area contributed by atoms with Crippen LogP contribution in [0.2, 0.25) is 0 Å². The zero-order chi connectivity index (χ0) is 13.4. The van der Waals surface area contributed by atoms with E-state index in [1.54, 1.807) is 0 Å². The van der Waals surface area contributed by atoms with Gasteiger partial charge in [-0.3, -0.25) is 0 Å². The van der Waals surface area contributed by atoms with Crippen molar-refractivity contribution in [2.24, 2.45) is 11.7 Å². The van der Waals surface area contributed by atoms with Gasteiger partial charge in [-0.25, -0.2) is 4.98 Å². The summed E-state index contributed by atoms with van der Waals surface area (Å²) in [4.78, 5) is 6.67. The Balaban J connectivity index is 2.83. The summed E-state index contributed by atoms with van der Waals surface area (Å²) in [5.74, 6) is 2.24. The summed E-state index contributed by atoms with van der Waals surface area (Å²) in [5.41, 5.74) is 5.69. The molecule has 0 saturated heterocycles. The van der Waals surface area contributed by atoms with E-state index in [9.17, 15) is 0 Å². The molecule has 1 rings (SSSR count). The molecule has 0 radical (unpaired) electrons. The smallest absolute Gasteiger partial charge is 0.171 e. The fourth-order valence-electron chi connectivity index (χ4n) is 1.76. The van der Waals surface area contributed by atoms with E-state index in [-0.39, 0.29) is 0 Å². The number of pyridine rings is 1. The van der Waals surface area contributed by atoms with Gasteiger partial charge in [-0.1, -0.05) is 13.8 Å². The minimum absolute atomic E-state index is 0.450. The first-order valence-corrected chi connectivity index (χ1v) is 6.75. The molecule has 4 nitrogen and oxygen atoms in total. The molecule has 0 bridgehead atoms. The van der Waals surface area contributed by atoms with Gasteiger partial charge in [-0.15, -0.1) is 0 Å². The van der Waals surface area contributed by atoms with E-state index >= 15 is 0 Å². The highest BCUT2D eigenvalue weighted by Crippen LogP contribution is 2.25. The Morgan fingerprint density at radius 1 is 1.44 bits per heavy atom. The molecule has 1 unspecified atom stereocenters. The van der Waals surface area contributed by atoms with Gasteiger partial charge < -0.3 is 15.4 Å². The fraction of sp³-hybridized carbons (Fsp3) is 0.643. The first kappa shape index (κ1) is 14.8. The summed E-state index contributed by atoms with van der Waals surface area (Å²) in [6.45, 7) is 9.61. The zero-order valence-electron chi connectivity index (χ0n) is 11.7. The van der Waals surface area contributed by atoms with Crippen molar-refractivity contribution in [2.75, 3.05) is 31.1 Å². The third-order valence-corrected chi connectivity index (χ3v) is 2.83. The van der Waals surface area contributed by atoms with Crippen LogP contribution >= 0.6 is 0 Å². The molecule has 0 fully saturated rings. The van der Waals surface area contributed by atoms with Crippen LogP contribution in [0.5, 0.6) is 5.75 Å². The lowest BCUT2D eigenvalue weighted by atomic mass is 10.1. The molecular formula is C14H25N3O. The van der Waals surface area contributed by atoms with Crippen molar-refractivity contribution >= 4 is 5.82 Å². The SMILES string of the molecule is CCCOc1cccnc1N(CC)CC(C)CN. The molecule has 0 aliphatic heterocycles. The molecule has 1 heterocycles. The topological polar surface area (TPSA) is 51.4 Å². The van der Waals surface area contributed by atoms with Crippen LogP contribution in [0, 0.1) is 5.92 Å². The van der Waals surface area contributed by atoms with Crippen molar-refractivity contribution in [2.45, 2.75) is 27.2 Å². The van der Waals surface area contributed by atoms with Crippen LogP contribution in [-0.2, 0) is 0 Å². The van der Waals surface area contributed by atoms with Gasteiger partial charge in [-0.2, -0.15) is 0 Å². The zero-order valence-corrected chi connectivity index (χ0v) is 11.7. The number of hydrogen-bond acceptors (Lipinski definition) is 4. The Kier molecular flexibility index (Phi) is 6.50. The summed E-state index contributed by atoms with van der Waals surface area (Å²) >= 11 is 0. The molecule has 0 aliphatic rings. The van der Waals surface area contributed by atoms with Crippen molar-refractivity contribution < 1.29 is 4.74 Å². The highest BCUT2D eigenvalue weighted by Gasteiger charge is 2.14. The second kappa shape index (κ2) is 7.93. The molecule has 2 N–H and O–H groups in total. The Morgan fingerprint density at radius 2 is 2.22 bits per heavy atom. The molecule has 18 heavy (non-hydrogen) atoms. The molecule has 1 atom stereocenters. The lowest BCUT2D eigenvalue weighted by Crippen LogP contribution is -2.32. The van der Waals surface area contributed by atoms with Crippen LogP contribution < -0.4 is 15.4 Å². The van der Waals surface area contributed by atoms with Gasteiger partial charge in [0.2, 0.25) is 0 Å². The first-order valence-electron chi connectivity index (χ1n) is 6.75. The third kappa shape index (κ3) is 4.18. The fourth-order valence-corrected chi connectivity index (χ4v) is 1.76.